The molecule has 5 rings (SSSR count). The van der Waals surface area contributed by atoms with Crippen molar-refractivity contribution >= 4 is 51.7 Å². The van der Waals surface area contributed by atoms with Crippen LogP contribution in [0.3, 0.4) is 0 Å². The summed E-state index contributed by atoms with van der Waals surface area (Å²) >= 11 is 6.29. The lowest BCUT2D eigenvalue weighted by Crippen LogP contribution is -2.26. The maximum absolute atomic E-state index is 13.0. The minimum atomic E-state index is -0.150. The van der Waals surface area contributed by atoms with Crippen LogP contribution in [0.15, 0.2) is 83.9 Å². The molecule has 0 atom stereocenters. The van der Waals surface area contributed by atoms with Gasteiger partial charge in [-0.1, -0.05) is 60.1 Å². The predicted molar refractivity (Wildman–Crippen MR) is 143 cm³/mol. The fourth-order valence-electron chi connectivity index (χ4n) is 3.96. The van der Waals surface area contributed by atoms with Crippen molar-refractivity contribution in [2.45, 2.75) is 12.8 Å². The first-order valence-corrected chi connectivity index (χ1v) is 11.9. The third-order valence-electron chi connectivity index (χ3n) is 5.74. The van der Waals surface area contributed by atoms with Gasteiger partial charge in [0.2, 0.25) is 0 Å². The Morgan fingerprint density at radius 2 is 1.80 bits per heavy atom. The van der Waals surface area contributed by atoms with E-state index in [4.69, 9.17) is 21.6 Å². The van der Waals surface area contributed by atoms with E-state index < -0.39 is 0 Å². The summed E-state index contributed by atoms with van der Waals surface area (Å²) < 4.78 is 0. The van der Waals surface area contributed by atoms with E-state index in [1.165, 1.54) is 5.56 Å². The van der Waals surface area contributed by atoms with Crippen LogP contribution in [-0.4, -0.2) is 35.2 Å². The Labute approximate surface area is 208 Å². The Morgan fingerprint density at radius 1 is 0.971 bits per heavy atom. The molecule has 1 aliphatic rings. The number of nitrogens with zero attached hydrogens (tertiary/aromatic N) is 3. The first kappa shape index (κ1) is 22.7. The number of rotatable bonds is 7. The minimum Gasteiger partial charge on any atom is -0.352 e. The predicted octanol–water partition coefficient (Wildman–Crippen LogP) is 5.86. The lowest BCUT2D eigenvalue weighted by Gasteiger charge is -2.15. The average Bonchev–Trinajstić information content (AvgIpc) is 2.90. The number of hydrogen-bond donors (Lipinski definition) is 2. The quantitative estimate of drug-likeness (QED) is 0.346. The summed E-state index contributed by atoms with van der Waals surface area (Å²) in [7, 11) is 0. The second-order valence-electron chi connectivity index (χ2n) is 8.20. The van der Waals surface area contributed by atoms with Crippen molar-refractivity contribution < 1.29 is 4.79 Å². The third-order valence-corrected chi connectivity index (χ3v) is 5.97. The molecule has 0 radical (unpaired) electrons. The van der Waals surface area contributed by atoms with Crippen LogP contribution in [0.25, 0.3) is 16.5 Å². The number of aliphatic imine (C=N–C) groups is 1. The number of halogens is 1. The number of allylic oxidation sites excluding steroid dienone is 1. The highest BCUT2D eigenvalue weighted by atomic mass is 35.5. The van der Waals surface area contributed by atoms with E-state index >= 15 is 0 Å². The zero-order valence-corrected chi connectivity index (χ0v) is 19.8. The summed E-state index contributed by atoms with van der Waals surface area (Å²) in [6.07, 6.45) is 5.50. The molecule has 0 saturated heterocycles. The van der Waals surface area contributed by atoms with Gasteiger partial charge >= 0.3 is 0 Å². The molecule has 1 aromatic heterocycles. The summed E-state index contributed by atoms with van der Waals surface area (Å²) in [6, 6.07) is 23.0. The zero-order valence-electron chi connectivity index (χ0n) is 19.0. The van der Waals surface area contributed by atoms with Crippen LogP contribution in [0.2, 0.25) is 5.02 Å². The molecule has 0 saturated carbocycles. The molecule has 174 valence electrons. The Bertz CT molecular complexity index is 1430. The van der Waals surface area contributed by atoms with E-state index in [2.05, 4.69) is 33.8 Å². The molecule has 1 aliphatic heterocycles. The van der Waals surface area contributed by atoms with Crippen molar-refractivity contribution in [1.29, 1.82) is 0 Å². The maximum atomic E-state index is 13.0. The van der Waals surface area contributed by atoms with Gasteiger partial charge in [0.05, 0.1) is 16.8 Å². The van der Waals surface area contributed by atoms with Gasteiger partial charge in [-0.3, -0.25) is 9.79 Å². The second-order valence-corrected chi connectivity index (χ2v) is 8.64. The summed E-state index contributed by atoms with van der Waals surface area (Å²) in [5.74, 6) is 1.01. The molecular formula is C28H24ClN5O. The normalized spacial score (nSPS) is 12.9. The van der Waals surface area contributed by atoms with E-state index in [0.717, 1.165) is 35.9 Å². The number of amides is 1. The molecule has 0 spiro atoms. The lowest BCUT2D eigenvalue weighted by atomic mass is 10.1. The summed E-state index contributed by atoms with van der Waals surface area (Å²) in [5, 5.41) is 7.75. The number of fused-ring (bicyclic) bond motifs is 1. The Hall–Kier alpha value is -4.03. The summed E-state index contributed by atoms with van der Waals surface area (Å²) in [5.41, 5.74) is 4.00. The van der Waals surface area contributed by atoms with Gasteiger partial charge in [0.25, 0.3) is 5.91 Å². The molecule has 0 aliphatic carbocycles. The van der Waals surface area contributed by atoms with E-state index in [-0.39, 0.29) is 5.91 Å². The number of carbonyl (C=O) groups excluding carboxylic acids is 1. The molecule has 7 heteroatoms. The van der Waals surface area contributed by atoms with E-state index in [1.807, 2.05) is 54.6 Å². The SMILES string of the molecule is O=C(NCCc1ccccc1)c1ccccc1Nc1nc(C2=CCCN=C2)nc2ccc(Cl)cc12. The number of para-hydroxylation sites is 1. The van der Waals surface area contributed by atoms with Crippen LogP contribution in [0, 0.1) is 0 Å². The average molecular weight is 482 g/mol. The van der Waals surface area contributed by atoms with Crippen LogP contribution in [0.4, 0.5) is 11.5 Å². The van der Waals surface area contributed by atoms with Gasteiger partial charge < -0.3 is 10.6 Å². The number of carbonyl (C=O) groups is 1. The minimum absolute atomic E-state index is 0.150. The fraction of sp³-hybridized carbons (Fsp3) is 0.143. The van der Waals surface area contributed by atoms with Crippen molar-refractivity contribution in [2.24, 2.45) is 4.99 Å². The van der Waals surface area contributed by atoms with Gasteiger partial charge in [-0.15, -0.1) is 0 Å². The number of nitrogens with one attached hydrogen (secondary N) is 2. The van der Waals surface area contributed by atoms with E-state index in [9.17, 15) is 4.79 Å². The van der Waals surface area contributed by atoms with Crippen molar-refractivity contribution in [3.05, 3.63) is 101 Å². The molecule has 2 N–H and O–H groups in total. The van der Waals surface area contributed by atoms with Gasteiger partial charge in [0, 0.05) is 35.3 Å². The van der Waals surface area contributed by atoms with E-state index in [1.54, 1.807) is 12.3 Å². The molecular weight excluding hydrogens is 458 g/mol. The zero-order chi connectivity index (χ0) is 24.0. The van der Waals surface area contributed by atoms with Crippen molar-refractivity contribution in [3.63, 3.8) is 0 Å². The number of anilines is 2. The number of hydrogen-bond acceptors (Lipinski definition) is 5. The fourth-order valence-corrected chi connectivity index (χ4v) is 4.13. The topological polar surface area (TPSA) is 79.3 Å². The van der Waals surface area contributed by atoms with Gasteiger partial charge in [0.1, 0.15) is 5.82 Å². The molecule has 0 fully saturated rings. The molecule has 0 bridgehead atoms. The first-order valence-electron chi connectivity index (χ1n) is 11.5. The number of benzene rings is 3. The van der Waals surface area contributed by atoms with Crippen molar-refractivity contribution in [1.82, 2.24) is 15.3 Å². The molecule has 1 amide bonds. The molecule has 6 nitrogen and oxygen atoms in total. The molecule has 0 unspecified atom stereocenters. The standard InChI is InChI=1S/C28H24ClN5O/c29-21-12-13-25-23(17-21)27(34-26(32-25)20-9-6-15-30-18-20)33-24-11-5-4-10-22(24)28(35)31-16-14-19-7-2-1-3-8-19/h1-5,7-13,17-18H,6,14-16H2,(H,31,35)(H,32,33,34). The summed E-state index contributed by atoms with van der Waals surface area (Å²) in [4.78, 5) is 26.9. The third kappa shape index (κ3) is 5.39. The highest BCUT2D eigenvalue weighted by molar-refractivity contribution is 6.31. The number of dihydropyridines is 1. The Balaban J connectivity index is 1.44. The van der Waals surface area contributed by atoms with E-state index in [0.29, 0.717) is 34.5 Å². The smallest absolute Gasteiger partial charge is 0.253 e. The Morgan fingerprint density at radius 3 is 2.63 bits per heavy atom. The Kier molecular flexibility index (Phi) is 6.82. The molecule has 4 aromatic rings. The van der Waals surface area contributed by atoms with Gasteiger partial charge in [-0.2, -0.15) is 0 Å². The highest BCUT2D eigenvalue weighted by Crippen LogP contribution is 2.29. The van der Waals surface area contributed by atoms with Gasteiger partial charge in [-0.25, -0.2) is 9.97 Å². The van der Waals surface area contributed by atoms with Crippen LogP contribution in [0.5, 0.6) is 0 Å². The largest absolute Gasteiger partial charge is 0.352 e. The summed E-state index contributed by atoms with van der Waals surface area (Å²) in [6.45, 7) is 1.31. The van der Waals surface area contributed by atoms with Crippen molar-refractivity contribution in [3.8, 4) is 0 Å². The molecule has 3 aromatic carbocycles. The second kappa shape index (κ2) is 10.5. The lowest BCUT2D eigenvalue weighted by molar-refractivity contribution is 0.0955. The molecule has 35 heavy (non-hydrogen) atoms. The monoisotopic (exact) mass is 481 g/mol. The van der Waals surface area contributed by atoms with Gasteiger partial charge in [0.15, 0.2) is 5.82 Å². The van der Waals surface area contributed by atoms with Crippen LogP contribution < -0.4 is 10.6 Å². The van der Waals surface area contributed by atoms with Crippen molar-refractivity contribution in [2.75, 3.05) is 18.4 Å². The number of aromatic nitrogens is 2. The van der Waals surface area contributed by atoms with Crippen LogP contribution >= 0.6 is 11.6 Å². The first-order chi connectivity index (χ1) is 17.2. The highest BCUT2D eigenvalue weighted by Gasteiger charge is 2.16. The molecule has 2 heterocycles. The van der Waals surface area contributed by atoms with Crippen LogP contribution in [-0.2, 0) is 6.42 Å². The van der Waals surface area contributed by atoms with Gasteiger partial charge in [-0.05, 0) is 48.7 Å². The maximum Gasteiger partial charge on any atom is 0.253 e. The van der Waals surface area contributed by atoms with Crippen LogP contribution in [0.1, 0.15) is 28.2 Å².